The standard InChI is InChI=1S/C13H16O2/c1-4-13(2,14)10-9-11-5-7-12(15-3)8-6-11/h1,5-8,14H,9-10H2,2-3H3/t13-/m1/s1. The van der Waals surface area contributed by atoms with E-state index in [0.717, 1.165) is 17.7 Å². The van der Waals surface area contributed by atoms with Crippen molar-refractivity contribution in [3.8, 4) is 18.1 Å². The van der Waals surface area contributed by atoms with Gasteiger partial charge in [-0.15, -0.1) is 6.42 Å². The van der Waals surface area contributed by atoms with Crippen LogP contribution in [0.5, 0.6) is 5.75 Å². The van der Waals surface area contributed by atoms with E-state index in [-0.39, 0.29) is 0 Å². The zero-order valence-electron chi connectivity index (χ0n) is 9.16. The second kappa shape index (κ2) is 4.86. The predicted octanol–water partition coefficient (Wildman–Crippen LogP) is 2.01. The van der Waals surface area contributed by atoms with E-state index in [1.807, 2.05) is 24.3 Å². The minimum atomic E-state index is -1.01. The first-order valence-corrected chi connectivity index (χ1v) is 4.90. The monoisotopic (exact) mass is 204 g/mol. The van der Waals surface area contributed by atoms with Gasteiger partial charge in [0.05, 0.1) is 7.11 Å². The van der Waals surface area contributed by atoms with Gasteiger partial charge in [-0.2, -0.15) is 0 Å². The highest BCUT2D eigenvalue weighted by atomic mass is 16.5. The van der Waals surface area contributed by atoms with Crippen LogP contribution in [0.4, 0.5) is 0 Å². The molecule has 0 aliphatic heterocycles. The molecular formula is C13H16O2. The van der Waals surface area contributed by atoms with Gasteiger partial charge in [-0.1, -0.05) is 18.1 Å². The summed E-state index contributed by atoms with van der Waals surface area (Å²) in [5.41, 5.74) is 0.131. The first-order valence-electron chi connectivity index (χ1n) is 4.90. The van der Waals surface area contributed by atoms with Crippen LogP contribution in [-0.4, -0.2) is 17.8 Å². The lowest BCUT2D eigenvalue weighted by molar-refractivity contribution is 0.113. The lowest BCUT2D eigenvalue weighted by atomic mass is 9.98. The number of terminal acetylenes is 1. The molecule has 0 amide bonds. The molecule has 0 aliphatic rings. The summed E-state index contributed by atoms with van der Waals surface area (Å²) in [4.78, 5) is 0. The molecule has 0 spiro atoms. The number of rotatable bonds is 4. The maximum Gasteiger partial charge on any atom is 0.122 e. The van der Waals surface area contributed by atoms with E-state index in [4.69, 9.17) is 11.2 Å². The van der Waals surface area contributed by atoms with E-state index in [9.17, 15) is 5.11 Å². The molecule has 1 N–H and O–H groups in total. The highest BCUT2D eigenvalue weighted by Gasteiger charge is 2.15. The van der Waals surface area contributed by atoms with Gasteiger partial charge in [0.2, 0.25) is 0 Å². The molecule has 0 unspecified atom stereocenters. The molecule has 1 atom stereocenters. The fourth-order valence-electron chi connectivity index (χ4n) is 1.25. The average molecular weight is 204 g/mol. The third kappa shape index (κ3) is 3.65. The Bertz CT molecular complexity index is 344. The summed E-state index contributed by atoms with van der Waals surface area (Å²) in [6, 6.07) is 7.76. The van der Waals surface area contributed by atoms with Gasteiger partial charge < -0.3 is 9.84 Å². The minimum absolute atomic E-state index is 0.565. The van der Waals surface area contributed by atoms with Crippen molar-refractivity contribution in [1.82, 2.24) is 0 Å². The smallest absolute Gasteiger partial charge is 0.122 e. The summed E-state index contributed by atoms with van der Waals surface area (Å²) in [7, 11) is 1.64. The lowest BCUT2D eigenvalue weighted by Crippen LogP contribution is -2.21. The molecule has 80 valence electrons. The molecule has 15 heavy (non-hydrogen) atoms. The number of hydrogen-bond acceptors (Lipinski definition) is 2. The minimum Gasteiger partial charge on any atom is -0.497 e. The molecule has 0 radical (unpaired) electrons. The Labute approximate surface area is 90.9 Å². The van der Waals surface area contributed by atoms with Crippen LogP contribution in [0.1, 0.15) is 18.9 Å². The second-order valence-corrected chi connectivity index (χ2v) is 3.77. The van der Waals surface area contributed by atoms with Crippen LogP contribution >= 0.6 is 0 Å². The molecule has 1 aromatic rings. The van der Waals surface area contributed by atoms with Crippen molar-refractivity contribution in [2.45, 2.75) is 25.4 Å². The van der Waals surface area contributed by atoms with E-state index in [1.54, 1.807) is 14.0 Å². The van der Waals surface area contributed by atoms with Crippen LogP contribution in [0.3, 0.4) is 0 Å². The quantitative estimate of drug-likeness (QED) is 0.760. The van der Waals surface area contributed by atoms with Gasteiger partial charge >= 0.3 is 0 Å². The molecule has 2 nitrogen and oxygen atoms in total. The number of benzene rings is 1. The van der Waals surface area contributed by atoms with Crippen LogP contribution in [-0.2, 0) is 6.42 Å². The Balaban J connectivity index is 2.56. The molecular weight excluding hydrogens is 188 g/mol. The Hall–Kier alpha value is -1.46. The maximum atomic E-state index is 9.62. The average Bonchev–Trinajstić information content (AvgIpc) is 2.27. The Morgan fingerprint density at radius 2 is 2.00 bits per heavy atom. The van der Waals surface area contributed by atoms with Gasteiger partial charge in [0.25, 0.3) is 0 Å². The Kier molecular flexibility index (Phi) is 3.76. The van der Waals surface area contributed by atoms with Crippen LogP contribution in [0, 0.1) is 12.3 Å². The largest absolute Gasteiger partial charge is 0.497 e. The van der Waals surface area contributed by atoms with Crippen LogP contribution < -0.4 is 4.74 Å². The predicted molar refractivity (Wildman–Crippen MR) is 60.8 cm³/mol. The van der Waals surface area contributed by atoms with Gasteiger partial charge in [-0.25, -0.2) is 0 Å². The second-order valence-electron chi connectivity index (χ2n) is 3.77. The highest BCUT2D eigenvalue weighted by molar-refractivity contribution is 5.27. The van der Waals surface area contributed by atoms with Crippen molar-refractivity contribution in [3.05, 3.63) is 29.8 Å². The van der Waals surface area contributed by atoms with Crippen molar-refractivity contribution in [1.29, 1.82) is 0 Å². The van der Waals surface area contributed by atoms with E-state index < -0.39 is 5.60 Å². The molecule has 2 heteroatoms. The molecule has 1 aromatic carbocycles. The van der Waals surface area contributed by atoms with Gasteiger partial charge in [0.1, 0.15) is 11.4 Å². The lowest BCUT2D eigenvalue weighted by Gasteiger charge is -2.15. The molecule has 0 aliphatic carbocycles. The maximum absolute atomic E-state index is 9.62. The van der Waals surface area contributed by atoms with Gasteiger partial charge in [0.15, 0.2) is 0 Å². The van der Waals surface area contributed by atoms with Crippen molar-refractivity contribution < 1.29 is 9.84 Å². The zero-order chi connectivity index (χ0) is 11.3. The normalized spacial score (nSPS) is 14.0. The highest BCUT2D eigenvalue weighted by Crippen LogP contribution is 2.16. The van der Waals surface area contributed by atoms with E-state index in [2.05, 4.69) is 5.92 Å². The molecule has 0 heterocycles. The van der Waals surface area contributed by atoms with Crippen LogP contribution in [0.15, 0.2) is 24.3 Å². The van der Waals surface area contributed by atoms with E-state index in [1.165, 1.54) is 0 Å². The summed E-state index contributed by atoms with van der Waals surface area (Å²) in [6.07, 6.45) is 6.53. The fourth-order valence-corrected chi connectivity index (χ4v) is 1.25. The summed E-state index contributed by atoms with van der Waals surface area (Å²) >= 11 is 0. The number of methoxy groups -OCH3 is 1. The van der Waals surface area contributed by atoms with E-state index >= 15 is 0 Å². The van der Waals surface area contributed by atoms with Crippen molar-refractivity contribution in [2.75, 3.05) is 7.11 Å². The first kappa shape index (κ1) is 11.6. The summed E-state index contributed by atoms with van der Waals surface area (Å²) in [5.74, 6) is 3.20. The van der Waals surface area contributed by atoms with Crippen molar-refractivity contribution in [2.24, 2.45) is 0 Å². The third-order valence-electron chi connectivity index (χ3n) is 2.37. The van der Waals surface area contributed by atoms with Gasteiger partial charge in [-0.3, -0.25) is 0 Å². The number of aryl methyl sites for hydroxylation is 1. The van der Waals surface area contributed by atoms with Crippen molar-refractivity contribution in [3.63, 3.8) is 0 Å². The fraction of sp³-hybridized carbons (Fsp3) is 0.385. The van der Waals surface area contributed by atoms with Crippen LogP contribution in [0.25, 0.3) is 0 Å². The molecule has 0 saturated carbocycles. The Morgan fingerprint density at radius 1 is 1.40 bits per heavy atom. The van der Waals surface area contributed by atoms with Crippen molar-refractivity contribution >= 4 is 0 Å². The molecule has 0 fully saturated rings. The summed E-state index contributed by atoms with van der Waals surface area (Å²) < 4.78 is 5.05. The number of hydrogen-bond donors (Lipinski definition) is 1. The summed E-state index contributed by atoms with van der Waals surface area (Å²) in [5, 5.41) is 9.62. The molecule has 1 rings (SSSR count). The molecule has 0 saturated heterocycles. The molecule has 0 bridgehead atoms. The zero-order valence-corrected chi connectivity index (χ0v) is 9.16. The summed E-state index contributed by atoms with van der Waals surface area (Å²) in [6.45, 7) is 1.65. The number of ether oxygens (including phenoxy) is 1. The SMILES string of the molecule is C#C[C@@](C)(O)CCc1ccc(OC)cc1. The Morgan fingerprint density at radius 3 is 2.47 bits per heavy atom. The topological polar surface area (TPSA) is 29.5 Å². The number of aliphatic hydroxyl groups is 1. The van der Waals surface area contributed by atoms with E-state index in [0.29, 0.717) is 6.42 Å². The van der Waals surface area contributed by atoms with Crippen LogP contribution in [0.2, 0.25) is 0 Å². The third-order valence-corrected chi connectivity index (χ3v) is 2.37. The van der Waals surface area contributed by atoms with Gasteiger partial charge in [-0.05, 0) is 37.5 Å². The molecule has 0 aromatic heterocycles. The first-order chi connectivity index (χ1) is 7.07. The van der Waals surface area contributed by atoms with Gasteiger partial charge in [0, 0.05) is 0 Å².